The van der Waals surface area contributed by atoms with Gasteiger partial charge in [0.15, 0.2) is 4.47 Å². The maximum absolute atomic E-state index is 12.4. The van der Waals surface area contributed by atoms with Crippen molar-refractivity contribution in [3.8, 4) is 6.07 Å². The summed E-state index contributed by atoms with van der Waals surface area (Å²) < 4.78 is 1.88. The van der Waals surface area contributed by atoms with Gasteiger partial charge in [-0.2, -0.15) is 5.26 Å². The van der Waals surface area contributed by atoms with Crippen LogP contribution in [0.1, 0.15) is 10.4 Å². The van der Waals surface area contributed by atoms with Gasteiger partial charge in [0.25, 0.3) is 5.56 Å². The summed E-state index contributed by atoms with van der Waals surface area (Å²) in [6.45, 7) is 0.339. The third-order valence-electron chi connectivity index (χ3n) is 2.83. The van der Waals surface area contributed by atoms with Crippen LogP contribution in [-0.2, 0) is 6.54 Å². The predicted molar refractivity (Wildman–Crippen MR) is 76.9 cm³/mol. The van der Waals surface area contributed by atoms with E-state index < -0.39 is 0 Å². The van der Waals surface area contributed by atoms with E-state index in [-0.39, 0.29) is 5.56 Å². The summed E-state index contributed by atoms with van der Waals surface area (Å²) in [6, 6.07) is 7.05. The number of rotatable bonds is 2. The second kappa shape index (κ2) is 5.04. The lowest BCUT2D eigenvalue weighted by atomic mass is 10.1. The molecule has 0 amide bonds. The van der Waals surface area contributed by atoms with E-state index in [4.69, 9.17) is 16.9 Å². The molecule has 7 heteroatoms. The van der Waals surface area contributed by atoms with E-state index in [2.05, 4.69) is 9.97 Å². The van der Waals surface area contributed by atoms with Gasteiger partial charge >= 0.3 is 0 Å². The predicted octanol–water partition coefficient (Wildman–Crippen LogP) is 2.43. The monoisotopic (exact) mass is 302 g/mol. The third-order valence-corrected chi connectivity index (χ3v) is 3.92. The molecule has 0 aliphatic heterocycles. The highest BCUT2D eigenvalue weighted by molar-refractivity contribution is 7.15. The van der Waals surface area contributed by atoms with E-state index in [1.54, 1.807) is 24.4 Å². The minimum atomic E-state index is -0.239. The minimum Gasteiger partial charge on any atom is -0.293 e. The Balaban J connectivity index is 2.16. The van der Waals surface area contributed by atoms with Gasteiger partial charge in [0.05, 0.1) is 29.3 Å². The quantitative estimate of drug-likeness (QED) is 0.729. The first-order valence-corrected chi connectivity index (χ1v) is 6.87. The molecule has 0 N–H and O–H groups in total. The summed E-state index contributed by atoms with van der Waals surface area (Å²) in [5.41, 5.74) is 0.612. The van der Waals surface area contributed by atoms with Gasteiger partial charge in [-0.3, -0.25) is 9.36 Å². The number of nitriles is 1. The Morgan fingerprint density at radius 2 is 2.25 bits per heavy atom. The molecule has 20 heavy (non-hydrogen) atoms. The molecule has 0 saturated heterocycles. The van der Waals surface area contributed by atoms with Crippen molar-refractivity contribution in [2.24, 2.45) is 0 Å². The highest BCUT2D eigenvalue weighted by atomic mass is 35.5. The molecule has 0 aliphatic rings. The van der Waals surface area contributed by atoms with Gasteiger partial charge in [-0.15, -0.1) is 11.3 Å². The number of nitrogens with zero attached hydrogens (tertiary/aromatic N) is 4. The molecule has 2 aromatic heterocycles. The number of fused-ring (bicyclic) bond motifs is 1. The Hall–Kier alpha value is -2.23. The van der Waals surface area contributed by atoms with Crippen LogP contribution in [0.4, 0.5) is 0 Å². The molecule has 3 rings (SSSR count). The molecule has 5 nitrogen and oxygen atoms in total. The second-order valence-electron chi connectivity index (χ2n) is 4.07. The zero-order valence-corrected chi connectivity index (χ0v) is 11.6. The Bertz CT molecular complexity index is 893. The van der Waals surface area contributed by atoms with Gasteiger partial charge in [0.2, 0.25) is 0 Å². The van der Waals surface area contributed by atoms with E-state index >= 15 is 0 Å². The lowest BCUT2D eigenvalue weighted by Gasteiger charge is -2.05. The summed E-state index contributed by atoms with van der Waals surface area (Å²) in [4.78, 5) is 21.4. The van der Waals surface area contributed by atoms with Crippen molar-refractivity contribution in [1.29, 1.82) is 5.26 Å². The van der Waals surface area contributed by atoms with Crippen LogP contribution in [0, 0.1) is 11.3 Å². The average molecular weight is 303 g/mol. The minimum absolute atomic E-state index is 0.239. The highest BCUT2D eigenvalue weighted by Gasteiger charge is 2.10. The Morgan fingerprint density at radius 1 is 1.40 bits per heavy atom. The first-order chi connectivity index (χ1) is 9.69. The Morgan fingerprint density at radius 3 is 2.95 bits per heavy atom. The first kappa shape index (κ1) is 12.8. The fraction of sp³-hybridized carbons (Fsp3) is 0.0769. The number of aromatic nitrogens is 3. The Kier molecular flexibility index (Phi) is 3.22. The fourth-order valence-corrected chi connectivity index (χ4v) is 2.91. The third kappa shape index (κ3) is 2.18. The van der Waals surface area contributed by atoms with Gasteiger partial charge in [0, 0.05) is 11.1 Å². The van der Waals surface area contributed by atoms with Crippen LogP contribution in [0.15, 0.2) is 35.5 Å². The van der Waals surface area contributed by atoms with E-state index in [0.717, 1.165) is 4.88 Å². The van der Waals surface area contributed by atoms with Gasteiger partial charge in [-0.05, 0) is 12.1 Å². The van der Waals surface area contributed by atoms with Crippen LogP contribution in [-0.4, -0.2) is 14.5 Å². The lowest BCUT2D eigenvalue weighted by molar-refractivity contribution is 0.756. The van der Waals surface area contributed by atoms with Crippen molar-refractivity contribution in [2.75, 3.05) is 0 Å². The van der Waals surface area contributed by atoms with E-state index in [1.165, 1.54) is 22.2 Å². The molecule has 0 spiro atoms. The summed E-state index contributed by atoms with van der Waals surface area (Å²) >= 11 is 7.08. The molecule has 0 aliphatic carbocycles. The summed E-state index contributed by atoms with van der Waals surface area (Å²) in [5.74, 6) is 0. The van der Waals surface area contributed by atoms with Crippen molar-refractivity contribution in [1.82, 2.24) is 14.5 Å². The molecule has 0 bridgehead atoms. The van der Waals surface area contributed by atoms with Crippen LogP contribution in [0.25, 0.3) is 10.9 Å². The molecular weight excluding hydrogens is 296 g/mol. The van der Waals surface area contributed by atoms with Crippen LogP contribution in [0.5, 0.6) is 0 Å². The molecule has 0 saturated carbocycles. The number of benzene rings is 1. The van der Waals surface area contributed by atoms with Crippen LogP contribution < -0.4 is 5.56 Å². The Labute approximate surface area is 122 Å². The van der Waals surface area contributed by atoms with Crippen molar-refractivity contribution in [3.63, 3.8) is 0 Å². The molecule has 3 aromatic rings. The van der Waals surface area contributed by atoms with Gasteiger partial charge < -0.3 is 0 Å². The largest absolute Gasteiger partial charge is 0.293 e. The smallest absolute Gasteiger partial charge is 0.262 e. The number of hydrogen-bond acceptors (Lipinski definition) is 5. The van der Waals surface area contributed by atoms with Crippen molar-refractivity contribution in [3.05, 3.63) is 56.0 Å². The summed E-state index contributed by atoms with van der Waals surface area (Å²) in [6.07, 6.45) is 3.10. The highest BCUT2D eigenvalue weighted by Crippen LogP contribution is 2.18. The van der Waals surface area contributed by atoms with Crippen molar-refractivity contribution >= 4 is 33.8 Å². The molecule has 0 radical (unpaired) electrons. The number of thiazole rings is 1. The molecule has 0 unspecified atom stereocenters. The van der Waals surface area contributed by atoms with Gasteiger partial charge in [0.1, 0.15) is 6.07 Å². The van der Waals surface area contributed by atoms with E-state index in [1.807, 2.05) is 6.07 Å². The normalized spacial score (nSPS) is 10.6. The summed E-state index contributed by atoms with van der Waals surface area (Å²) in [5, 5.41) is 9.43. The molecular formula is C13H7ClN4OS. The zero-order valence-electron chi connectivity index (χ0n) is 10.1. The molecule has 0 fully saturated rings. The molecule has 1 aromatic carbocycles. The summed E-state index contributed by atoms with van der Waals surface area (Å²) in [7, 11) is 0. The van der Waals surface area contributed by atoms with Crippen molar-refractivity contribution < 1.29 is 0 Å². The molecule has 98 valence electrons. The fourth-order valence-electron chi connectivity index (χ4n) is 1.93. The van der Waals surface area contributed by atoms with E-state index in [0.29, 0.717) is 27.5 Å². The first-order valence-electron chi connectivity index (χ1n) is 5.67. The standard InChI is InChI=1S/C13H7ClN4OS/c14-13-16-5-9(20-13)6-18-7-17-10-3-1-2-8(4-15)11(10)12(18)19/h1-3,5,7H,6H2. The average Bonchev–Trinajstić information content (AvgIpc) is 2.86. The zero-order chi connectivity index (χ0) is 14.1. The van der Waals surface area contributed by atoms with Crippen LogP contribution >= 0.6 is 22.9 Å². The van der Waals surface area contributed by atoms with Crippen LogP contribution in [0.2, 0.25) is 4.47 Å². The van der Waals surface area contributed by atoms with Crippen molar-refractivity contribution in [2.45, 2.75) is 6.54 Å². The maximum Gasteiger partial charge on any atom is 0.262 e. The van der Waals surface area contributed by atoms with Gasteiger partial charge in [-0.25, -0.2) is 9.97 Å². The number of halogens is 1. The maximum atomic E-state index is 12.4. The van der Waals surface area contributed by atoms with Gasteiger partial charge in [-0.1, -0.05) is 17.7 Å². The number of hydrogen-bond donors (Lipinski definition) is 0. The molecule has 0 atom stereocenters. The lowest BCUT2D eigenvalue weighted by Crippen LogP contribution is -2.21. The SMILES string of the molecule is N#Cc1cccc2ncn(Cc3cnc(Cl)s3)c(=O)c12. The molecule has 2 heterocycles. The second-order valence-corrected chi connectivity index (χ2v) is 5.77. The van der Waals surface area contributed by atoms with E-state index in [9.17, 15) is 4.79 Å². The van der Waals surface area contributed by atoms with Crippen LogP contribution in [0.3, 0.4) is 0 Å². The topological polar surface area (TPSA) is 71.6 Å².